The molecule has 0 radical (unpaired) electrons. The quantitative estimate of drug-likeness (QED) is 0.0384. The Morgan fingerprint density at radius 2 is 0.837 bits per heavy atom. The number of unbranched alkanes of at least 4 members (excludes halogenated alkanes) is 26. The van der Waals surface area contributed by atoms with Gasteiger partial charge in [0.15, 0.2) is 0 Å². The Hall–Kier alpha value is -1.43. The van der Waals surface area contributed by atoms with Gasteiger partial charge in [0.05, 0.1) is 18.8 Å². The normalized spacial score (nSPS) is 14.0. The number of nitrogens with one attached hydrogen (secondary N) is 1. The van der Waals surface area contributed by atoms with Crippen molar-refractivity contribution in [3.8, 4) is 0 Å². The number of amides is 1. The summed E-state index contributed by atoms with van der Waals surface area (Å²) in [6.07, 6.45) is 48.8. The smallest absolute Gasteiger partial charge is 0.249 e. The van der Waals surface area contributed by atoms with E-state index in [4.69, 9.17) is 0 Å². The molecule has 288 valence electrons. The molecule has 0 spiro atoms. The standard InChI is InChI=1S/C44H83NO4/c1-3-5-7-9-11-13-15-17-19-21-22-23-25-26-28-30-32-34-36-38-42(47)41(40-46)45-44(49)43(48)39-37-35-33-31-29-27-24-20-18-16-14-12-10-8-6-4-2/h18,20,28,30,36,38,41-43,46-48H,3-17,19,21-27,29,31-35,37,39-40H2,1-2H3,(H,45,49)/b20-18-,30-28+,38-36+. The second-order valence-electron chi connectivity index (χ2n) is 14.5. The van der Waals surface area contributed by atoms with E-state index in [2.05, 4.69) is 43.5 Å². The first-order chi connectivity index (χ1) is 24.1. The van der Waals surface area contributed by atoms with E-state index in [0.717, 1.165) is 38.5 Å². The first kappa shape index (κ1) is 47.6. The van der Waals surface area contributed by atoms with Gasteiger partial charge in [-0.1, -0.05) is 192 Å². The van der Waals surface area contributed by atoms with E-state index in [0.29, 0.717) is 6.42 Å². The summed E-state index contributed by atoms with van der Waals surface area (Å²) in [5, 5.41) is 33.1. The Balaban J connectivity index is 3.75. The molecule has 0 saturated carbocycles. The van der Waals surface area contributed by atoms with E-state index in [1.54, 1.807) is 6.08 Å². The molecule has 0 aromatic heterocycles. The molecule has 0 aliphatic carbocycles. The van der Waals surface area contributed by atoms with Gasteiger partial charge in [-0.25, -0.2) is 0 Å². The summed E-state index contributed by atoms with van der Waals surface area (Å²) in [6, 6.07) is -0.815. The van der Waals surface area contributed by atoms with Crippen LogP contribution in [0.3, 0.4) is 0 Å². The zero-order valence-electron chi connectivity index (χ0n) is 32.6. The molecule has 0 aliphatic heterocycles. The van der Waals surface area contributed by atoms with Crippen LogP contribution in [0.4, 0.5) is 0 Å². The van der Waals surface area contributed by atoms with Gasteiger partial charge in [0.1, 0.15) is 6.10 Å². The Bertz CT molecular complexity index is 764. The number of allylic oxidation sites excluding steroid dienone is 5. The Kier molecular flexibility index (Phi) is 38.2. The summed E-state index contributed by atoms with van der Waals surface area (Å²) >= 11 is 0. The van der Waals surface area contributed by atoms with E-state index >= 15 is 0 Å². The maximum Gasteiger partial charge on any atom is 0.249 e. The van der Waals surface area contributed by atoms with E-state index in [1.165, 1.54) is 154 Å². The topological polar surface area (TPSA) is 89.8 Å². The largest absolute Gasteiger partial charge is 0.394 e. The minimum absolute atomic E-state index is 0.378. The van der Waals surface area contributed by atoms with Crippen molar-refractivity contribution < 1.29 is 20.1 Å². The lowest BCUT2D eigenvalue weighted by molar-refractivity contribution is -0.131. The number of aliphatic hydroxyl groups is 3. The van der Waals surface area contributed by atoms with Crippen LogP contribution in [0.1, 0.15) is 213 Å². The SMILES string of the molecule is CCCCCCCC/C=C\CCCCCCCCC(O)C(=O)NC(CO)C(O)/C=C/CC/C=C/CCCCCCCCCCCCCCC. The van der Waals surface area contributed by atoms with Gasteiger partial charge in [0.25, 0.3) is 0 Å². The number of carbonyl (C=O) groups excluding carboxylic acids is 1. The average molecular weight is 690 g/mol. The number of aliphatic hydroxyl groups excluding tert-OH is 3. The molecule has 0 saturated heterocycles. The van der Waals surface area contributed by atoms with Crippen molar-refractivity contribution in [2.75, 3.05) is 6.61 Å². The third-order valence-electron chi connectivity index (χ3n) is 9.70. The molecule has 0 bridgehead atoms. The second kappa shape index (κ2) is 39.4. The highest BCUT2D eigenvalue weighted by Crippen LogP contribution is 2.14. The van der Waals surface area contributed by atoms with Gasteiger partial charge in [-0.2, -0.15) is 0 Å². The zero-order chi connectivity index (χ0) is 35.9. The maximum atomic E-state index is 12.4. The van der Waals surface area contributed by atoms with Crippen LogP contribution in [-0.4, -0.2) is 46.1 Å². The summed E-state index contributed by atoms with van der Waals surface area (Å²) in [5.74, 6) is -0.518. The highest BCUT2D eigenvalue weighted by atomic mass is 16.3. The van der Waals surface area contributed by atoms with Crippen molar-refractivity contribution in [3.05, 3.63) is 36.5 Å². The lowest BCUT2D eigenvalue weighted by Crippen LogP contribution is -2.48. The van der Waals surface area contributed by atoms with Gasteiger partial charge in [-0.3, -0.25) is 4.79 Å². The number of hydrogen-bond acceptors (Lipinski definition) is 4. The van der Waals surface area contributed by atoms with Gasteiger partial charge in [-0.15, -0.1) is 0 Å². The molecule has 49 heavy (non-hydrogen) atoms. The van der Waals surface area contributed by atoms with Crippen molar-refractivity contribution in [1.82, 2.24) is 5.32 Å². The molecule has 0 aromatic rings. The third kappa shape index (κ3) is 34.8. The van der Waals surface area contributed by atoms with Crippen LogP contribution in [-0.2, 0) is 4.79 Å². The third-order valence-corrected chi connectivity index (χ3v) is 9.70. The lowest BCUT2D eigenvalue weighted by Gasteiger charge is -2.21. The van der Waals surface area contributed by atoms with E-state index in [1.807, 2.05) is 6.08 Å². The monoisotopic (exact) mass is 690 g/mol. The molecule has 1 amide bonds. The molecule has 3 unspecified atom stereocenters. The van der Waals surface area contributed by atoms with Crippen LogP contribution in [0.2, 0.25) is 0 Å². The number of rotatable bonds is 38. The first-order valence-corrected chi connectivity index (χ1v) is 21.3. The zero-order valence-corrected chi connectivity index (χ0v) is 32.6. The number of carbonyl (C=O) groups is 1. The molecule has 0 aromatic carbocycles. The van der Waals surface area contributed by atoms with Gasteiger partial charge in [0, 0.05) is 0 Å². The summed E-state index contributed by atoms with van der Waals surface area (Å²) in [6.45, 7) is 4.16. The highest BCUT2D eigenvalue weighted by molar-refractivity contribution is 5.80. The molecule has 0 heterocycles. The Labute approximate surface area is 304 Å². The van der Waals surface area contributed by atoms with Crippen molar-refractivity contribution in [2.45, 2.75) is 231 Å². The van der Waals surface area contributed by atoms with Crippen molar-refractivity contribution >= 4 is 5.91 Å². The maximum absolute atomic E-state index is 12.4. The van der Waals surface area contributed by atoms with E-state index < -0.39 is 24.2 Å². The number of hydrogen-bond donors (Lipinski definition) is 4. The summed E-state index contributed by atoms with van der Waals surface area (Å²) < 4.78 is 0. The molecular weight excluding hydrogens is 606 g/mol. The van der Waals surface area contributed by atoms with Gasteiger partial charge < -0.3 is 20.6 Å². The van der Waals surface area contributed by atoms with E-state index in [-0.39, 0.29) is 6.61 Å². The molecule has 3 atom stereocenters. The molecule has 0 rings (SSSR count). The summed E-state index contributed by atoms with van der Waals surface area (Å²) in [5.41, 5.74) is 0. The first-order valence-electron chi connectivity index (χ1n) is 21.3. The molecule has 5 heteroatoms. The Morgan fingerprint density at radius 1 is 0.490 bits per heavy atom. The van der Waals surface area contributed by atoms with Crippen molar-refractivity contribution in [3.63, 3.8) is 0 Å². The minimum Gasteiger partial charge on any atom is -0.394 e. The van der Waals surface area contributed by atoms with Gasteiger partial charge in [-0.05, 0) is 57.8 Å². The van der Waals surface area contributed by atoms with Crippen LogP contribution in [0.5, 0.6) is 0 Å². The van der Waals surface area contributed by atoms with Crippen LogP contribution in [0.15, 0.2) is 36.5 Å². The predicted octanol–water partition coefficient (Wildman–Crippen LogP) is 12.0. The molecule has 5 nitrogen and oxygen atoms in total. The second-order valence-corrected chi connectivity index (χ2v) is 14.5. The lowest BCUT2D eigenvalue weighted by atomic mass is 10.0. The van der Waals surface area contributed by atoms with Crippen molar-refractivity contribution in [2.24, 2.45) is 0 Å². The fourth-order valence-corrected chi connectivity index (χ4v) is 6.31. The van der Waals surface area contributed by atoms with Gasteiger partial charge >= 0.3 is 0 Å². The van der Waals surface area contributed by atoms with Crippen LogP contribution >= 0.6 is 0 Å². The molecular formula is C44H83NO4. The molecule has 0 aliphatic rings. The van der Waals surface area contributed by atoms with Crippen LogP contribution in [0.25, 0.3) is 0 Å². The fraction of sp³-hybridized carbons (Fsp3) is 0.841. The van der Waals surface area contributed by atoms with Gasteiger partial charge in [0.2, 0.25) is 5.91 Å². The molecule has 4 N–H and O–H groups in total. The summed E-state index contributed by atoms with van der Waals surface area (Å²) in [7, 11) is 0. The average Bonchev–Trinajstić information content (AvgIpc) is 3.11. The van der Waals surface area contributed by atoms with Crippen LogP contribution < -0.4 is 5.32 Å². The van der Waals surface area contributed by atoms with E-state index in [9.17, 15) is 20.1 Å². The Morgan fingerprint density at radius 3 is 1.24 bits per heavy atom. The minimum atomic E-state index is -1.11. The summed E-state index contributed by atoms with van der Waals surface area (Å²) in [4.78, 5) is 12.4. The highest BCUT2D eigenvalue weighted by Gasteiger charge is 2.22. The van der Waals surface area contributed by atoms with Crippen molar-refractivity contribution in [1.29, 1.82) is 0 Å². The molecule has 0 fully saturated rings. The predicted molar refractivity (Wildman–Crippen MR) is 213 cm³/mol. The fourth-order valence-electron chi connectivity index (χ4n) is 6.31. The van der Waals surface area contributed by atoms with Crippen LogP contribution in [0, 0.1) is 0 Å².